The highest BCUT2D eigenvalue weighted by molar-refractivity contribution is 5.90. The third-order valence-corrected chi connectivity index (χ3v) is 2.30. The molecule has 12 heavy (non-hydrogen) atoms. The summed E-state index contributed by atoms with van der Waals surface area (Å²) in [6, 6.07) is 2.07. The molecule has 0 saturated carbocycles. The Kier molecular flexibility index (Phi) is 0.965. The molecule has 2 aliphatic rings. The fourth-order valence-electron chi connectivity index (χ4n) is 1.74. The highest BCUT2D eigenvalue weighted by atomic mass is 14.6. The van der Waals surface area contributed by atoms with Crippen molar-refractivity contribution >= 4 is 11.6 Å². The second-order valence-electron chi connectivity index (χ2n) is 3.00. The van der Waals surface area contributed by atoms with Gasteiger partial charge in [0.25, 0.3) is 0 Å². The summed E-state index contributed by atoms with van der Waals surface area (Å²) >= 11 is 0. The normalized spacial score (nSPS) is 17.0. The fraction of sp³-hybridized carbons (Fsp3) is 0. The molecule has 2 aliphatic carbocycles. The number of hydrogen-bond donors (Lipinski definition) is 0. The Balaban J connectivity index is 2.59. The molecule has 0 aliphatic heterocycles. The summed E-state index contributed by atoms with van der Waals surface area (Å²) in [5.41, 5.74) is 2.66. The van der Waals surface area contributed by atoms with Crippen molar-refractivity contribution in [2.24, 2.45) is 0 Å². The third kappa shape index (κ3) is 0.607. The van der Waals surface area contributed by atoms with E-state index in [1.807, 2.05) is 12.4 Å². The van der Waals surface area contributed by atoms with Gasteiger partial charge in [0.2, 0.25) is 0 Å². The minimum absolute atomic E-state index is 1.24. The third-order valence-electron chi connectivity index (χ3n) is 2.30. The van der Waals surface area contributed by atoms with Crippen LogP contribution < -0.4 is 10.4 Å². The molecule has 0 amide bonds. The average Bonchev–Trinajstić information content (AvgIpc) is 2.62. The Bertz CT molecular complexity index is 518. The fourth-order valence-corrected chi connectivity index (χ4v) is 1.74. The van der Waals surface area contributed by atoms with Crippen LogP contribution in [0, 0.1) is 0 Å². The van der Waals surface area contributed by atoms with Gasteiger partial charge in [-0.15, -0.1) is 0 Å². The van der Waals surface area contributed by atoms with Gasteiger partial charge in [0.15, 0.2) is 0 Å². The van der Waals surface area contributed by atoms with Gasteiger partial charge < -0.3 is 0 Å². The van der Waals surface area contributed by atoms with Gasteiger partial charge in [0, 0.05) is 17.6 Å². The van der Waals surface area contributed by atoms with Crippen molar-refractivity contribution in [3.05, 3.63) is 52.7 Å². The molecular weight excluding hydrogens is 146 g/mol. The molecule has 0 fully saturated rings. The quantitative estimate of drug-likeness (QED) is 0.529. The summed E-state index contributed by atoms with van der Waals surface area (Å²) in [5.74, 6) is 0. The van der Waals surface area contributed by atoms with Gasteiger partial charge in [-0.2, -0.15) is 0 Å². The van der Waals surface area contributed by atoms with Gasteiger partial charge in [-0.05, 0) is 28.5 Å². The lowest BCUT2D eigenvalue weighted by Gasteiger charge is -1.89. The van der Waals surface area contributed by atoms with E-state index >= 15 is 0 Å². The zero-order chi connectivity index (χ0) is 7.97. The molecule has 0 aromatic carbocycles. The summed E-state index contributed by atoms with van der Waals surface area (Å²) in [5, 5.41) is 2.55. The van der Waals surface area contributed by atoms with Crippen LogP contribution in [0.4, 0.5) is 0 Å². The van der Waals surface area contributed by atoms with Crippen LogP contribution in [0.25, 0.3) is 11.6 Å². The van der Waals surface area contributed by atoms with Crippen LogP contribution in [0.5, 0.6) is 0 Å². The largest absolute Gasteiger partial charge is 0.264 e. The molecule has 1 aromatic heterocycles. The van der Waals surface area contributed by atoms with Crippen molar-refractivity contribution in [1.29, 1.82) is 0 Å². The van der Waals surface area contributed by atoms with E-state index in [1.165, 1.54) is 21.6 Å². The van der Waals surface area contributed by atoms with E-state index in [2.05, 4.69) is 35.4 Å². The summed E-state index contributed by atoms with van der Waals surface area (Å²) < 4.78 is 0. The minimum Gasteiger partial charge on any atom is -0.264 e. The molecule has 1 aromatic rings. The Morgan fingerprint density at radius 1 is 1.25 bits per heavy atom. The number of fused-ring (bicyclic) bond motifs is 2. The molecule has 1 nitrogen and oxygen atoms in total. The number of aromatic nitrogens is 1. The van der Waals surface area contributed by atoms with E-state index < -0.39 is 0 Å². The predicted molar refractivity (Wildman–Crippen MR) is 48.6 cm³/mol. The van der Waals surface area contributed by atoms with Crippen LogP contribution in [0.3, 0.4) is 0 Å². The van der Waals surface area contributed by atoms with Gasteiger partial charge >= 0.3 is 0 Å². The smallest absolute Gasteiger partial charge is 0.0346 e. The number of pyridine rings is 1. The first-order valence-corrected chi connectivity index (χ1v) is 4.00. The van der Waals surface area contributed by atoms with Crippen molar-refractivity contribution in [2.45, 2.75) is 0 Å². The Morgan fingerprint density at radius 2 is 2.25 bits per heavy atom. The molecule has 0 radical (unpaired) electrons. The number of allylic oxidation sites excluding steroid dienone is 4. The first-order chi connectivity index (χ1) is 5.95. The van der Waals surface area contributed by atoms with E-state index in [-0.39, 0.29) is 0 Å². The summed E-state index contributed by atoms with van der Waals surface area (Å²) in [7, 11) is 0. The lowest BCUT2D eigenvalue weighted by Crippen LogP contribution is -2.22. The monoisotopic (exact) mass is 153 g/mol. The predicted octanol–water partition coefficient (Wildman–Crippen LogP) is 0.523. The van der Waals surface area contributed by atoms with Gasteiger partial charge in [-0.1, -0.05) is 18.2 Å². The number of rotatable bonds is 0. The zero-order valence-electron chi connectivity index (χ0n) is 6.49. The maximum Gasteiger partial charge on any atom is 0.0346 e. The van der Waals surface area contributed by atoms with E-state index in [1.54, 1.807) is 0 Å². The van der Waals surface area contributed by atoms with E-state index in [9.17, 15) is 0 Å². The highest BCUT2D eigenvalue weighted by Gasteiger charge is 2.10. The second kappa shape index (κ2) is 1.95. The molecular formula is C11H7N. The number of hydrogen-bond acceptors (Lipinski definition) is 1. The Hall–Kier alpha value is -1.63. The zero-order valence-corrected chi connectivity index (χ0v) is 6.49. The van der Waals surface area contributed by atoms with Crippen LogP contribution >= 0.6 is 0 Å². The van der Waals surface area contributed by atoms with E-state index in [0.717, 1.165) is 0 Å². The molecule has 0 spiro atoms. The Morgan fingerprint density at radius 3 is 3.25 bits per heavy atom. The van der Waals surface area contributed by atoms with Crippen molar-refractivity contribution < 1.29 is 0 Å². The lowest BCUT2D eigenvalue weighted by atomic mass is 10.2. The molecule has 3 rings (SSSR count). The SMILES string of the molecule is C1=CC2=c3ccncc3=CC2=C1. The van der Waals surface area contributed by atoms with E-state index in [4.69, 9.17) is 0 Å². The van der Waals surface area contributed by atoms with Crippen molar-refractivity contribution in [2.75, 3.05) is 0 Å². The lowest BCUT2D eigenvalue weighted by molar-refractivity contribution is 1.28. The first-order valence-electron chi connectivity index (χ1n) is 4.00. The van der Waals surface area contributed by atoms with Gasteiger partial charge in [0.1, 0.15) is 0 Å². The van der Waals surface area contributed by atoms with Crippen LogP contribution in [0.2, 0.25) is 0 Å². The molecule has 0 bridgehead atoms. The van der Waals surface area contributed by atoms with Gasteiger partial charge in [-0.25, -0.2) is 0 Å². The molecule has 1 heterocycles. The molecule has 56 valence electrons. The Labute approximate surface area is 70.1 Å². The van der Waals surface area contributed by atoms with Crippen LogP contribution in [-0.2, 0) is 0 Å². The summed E-state index contributed by atoms with van der Waals surface area (Å²) in [6.45, 7) is 0. The second-order valence-corrected chi connectivity index (χ2v) is 3.00. The highest BCUT2D eigenvalue weighted by Crippen LogP contribution is 2.20. The molecule has 0 unspecified atom stereocenters. The van der Waals surface area contributed by atoms with Crippen molar-refractivity contribution in [3.8, 4) is 0 Å². The van der Waals surface area contributed by atoms with Crippen LogP contribution in [0.1, 0.15) is 0 Å². The van der Waals surface area contributed by atoms with E-state index in [0.29, 0.717) is 0 Å². The molecule has 0 atom stereocenters. The molecule has 0 N–H and O–H groups in total. The maximum absolute atomic E-state index is 4.09. The van der Waals surface area contributed by atoms with Crippen molar-refractivity contribution in [1.82, 2.24) is 4.98 Å². The van der Waals surface area contributed by atoms with Crippen molar-refractivity contribution in [3.63, 3.8) is 0 Å². The van der Waals surface area contributed by atoms with Crippen LogP contribution in [-0.4, -0.2) is 4.98 Å². The molecule has 0 saturated heterocycles. The maximum atomic E-state index is 4.09. The van der Waals surface area contributed by atoms with Crippen LogP contribution in [0.15, 0.2) is 42.3 Å². The minimum atomic E-state index is 1.24. The van der Waals surface area contributed by atoms with Gasteiger partial charge in [0.05, 0.1) is 0 Å². The first kappa shape index (κ1) is 5.95. The average molecular weight is 153 g/mol. The standard InChI is InChI=1S/C11H7N/c1-2-8-6-9-7-12-5-4-11(9)10(8)3-1/h1-7H. The number of nitrogens with zero attached hydrogens (tertiary/aromatic N) is 1. The topological polar surface area (TPSA) is 12.9 Å². The van der Waals surface area contributed by atoms with Gasteiger partial charge in [-0.3, -0.25) is 4.98 Å². The summed E-state index contributed by atoms with van der Waals surface area (Å²) in [6.07, 6.45) is 12.3. The molecule has 1 heteroatoms. The summed E-state index contributed by atoms with van der Waals surface area (Å²) in [4.78, 5) is 4.09.